The molecule has 1 heterocycles. The number of hydrogen-bond acceptors (Lipinski definition) is 6. The second kappa shape index (κ2) is 8.03. The summed E-state index contributed by atoms with van der Waals surface area (Å²) < 4.78 is 24.7. The number of aryl methyl sites for hydroxylation is 1. The molecule has 0 radical (unpaired) electrons. The molecule has 0 spiro atoms. The first kappa shape index (κ1) is 17.4. The minimum absolute atomic E-state index is 0.0574. The molecule has 7 heteroatoms. The number of aliphatic hydroxyl groups is 1. The molecule has 2 rings (SSSR count). The highest BCUT2D eigenvalue weighted by atomic mass is 19.1. The van der Waals surface area contributed by atoms with Crippen LogP contribution in [-0.2, 0) is 6.42 Å². The van der Waals surface area contributed by atoms with Crippen LogP contribution in [-0.4, -0.2) is 47.5 Å². The molecule has 1 unspecified atom stereocenters. The smallest absolute Gasteiger partial charge is 0.219 e. The number of nitrogens with zero attached hydrogens (tertiary/aromatic N) is 3. The van der Waals surface area contributed by atoms with Crippen molar-refractivity contribution in [1.82, 2.24) is 15.1 Å². The van der Waals surface area contributed by atoms with Crippen molar-refractivity contribution in [2.45, 2.75) is 25.9 Å². The van der Waals surface area contributed by atoms with Crippen molar-refractivity contribution in [2.24, 2.45) is 0 Å². The van der Waals surface area contributed by atoms with E-state index in [0.29, 0.717) is 18.2 Å². The molecular weight excluding hydrogens is 301 g/mol. The average Bonchev–Trinajstić information content (AvgIpc) is 2.90. The van der Waals surface area contributed by atoms with Crippen molar-refractivity contribution in [3.05, 3.63) is 41.4 Å². The predicted octanol–water partition coefficient (Wildman–Crippen LogP) is 2.12. The summed E-state index contributed by atoms with van der Waals surface area (Å²) in [7, 11) is 3.98. The summed E-state index contributed by atoms with van der Waals surface area (Å²) >= 11 is 0. The number of ether oxygens (including phenoxy) is 1. The Hall–Kier alpha value is -1.99. The van der Waals surface area contributed by atoms with Crippen LogP contribution in [0.2, 0.25) is 0 Å². The summed E-state index contributed by atoms with van der Waals surface area (Å²) in [5.74, 6) is 0.715. The Morgan fingerprint density at radius 1 is 1.35 bits per heavy atom. The SMILES string of the molecule is Cc1nnc(CC(O)c2cc(OCCCN(C)C)ccc2F)o1. The van der Waals surface area contributed by atoms with E-state index >= 15 is 0 Å². The Morgan fingerprint density at radius 2 is 2.13 bits per heavy atom. The van der Waals surface area contributed by atoms with Gasteiger partial charge in [0.1, 0.15) is 11.6 Å². The van der Waals surface area contributed by atoms with Gasteiger partial charge in [-0.1, -0.05) is 0 Å². The molecule has 0 aliphatic carbocycles. The molecule has 0 fully saturated rings. The highest BCUT2D eigenvalue weighted by Gasteiger charge is 2.17. The van der Waals surface area contributed by atoms with Gasteiger partial charge in [0.25, 0.3) is 0 Å². The minimum atomic E-state index is -1.07. The molecule has 0 saturated heterocycles. The molecular formula is C16H22FN3O3. The van der Waals surface area contributed by atoms with Crippen LogP contribution in [0.4, 0.5) is 4.39 Å². The highest BCUT2D eigenvalue weighted by Crippen LogP contribution is 2.25. The van der Waals surface area contributed by atoms with E-state index in [2.05, 4.69) is 15.1 Å². The third-order valence-corrected chi connectivity index (χ3v) is 3.28. The number of halogens is 1. The topological polar surface area (TPSA) is 71.6 Å². The molecule has 0 aliphatic heterocycles. The summed E-state index contributed by atoms with van der Waals surface area (Å²) in [6, 6.07) is 4.36. The Bertz CT molecular complexity index is 631. The van der Waals surface area contributed by atoms with Crippen molar-refractivity contribution < 1.29 is 18.7 Å². The van der Waals surface area contributed by atoms with E-state index in [1.807, 2.05) is 14.1 Å². The van der Waals surface area contributed by atoms with Crippen LogP contribution < -0.4 is 4.74 Å². The molecule has 6 nitrogen and oxygen atoms in total. The number of rotatable bonds is 8. The minimum Gasteiger partial charge on any atom is -0.494 e. The standard InChI is InChI=1S/C16H22FN3O3/c1-11-18-19-16(23-11)10-15(21)13-9-12(5-6-14(13)17)22-8-4-7-20(2)3/h5-6,9,15,21H,4,7-8,10H2,1-3H3. The Kier molecular flexibility index (Phi) is 6.06. The van der Waals surface area contributed by atoms with Crippen molar-refractivity contribution in [1.29, 1.82) is 0 Å². The number of aliphatic hydroxyl groups excluding tert-OH is 1. The second-order valence-corrected chi connectivity index (χ2v) is 5.62. The lowest BCUT2D eigenvalue weighted by Gasteiger charge is -2.13. The molecule has 1 aromatic carbocycles. The van der Waals surface area contributed by atoms with Gasteiger partial charge in [-0.25, -0.2) is 4.39 Å². The van der Waals surface area contributed by atoms with Crippen LogP contribution in [0.5, 0.6) is 5.75 Å². The van der Waals surface area contributed by atoms with E-state index in [9.17, 15) is 9.50 Å². The summed E-state index contributed by atoms with van der Waals surface area (Å²) in [5.41, 5.74) is 0.158. The zero-order valence-electron chi connectivity index (χ0n) is 13.6. The van der Waals surface area contributed by atoms with E-state index in [1.165, 1.54) is 12.1 Å². The zero-order valence-corrected chi connectivity index (χ0v) is 13.6. The summed E-state index contributed by atoms with van der Waals surface area (Å²) in [5, 5.41) is 17.7. The Labute approximate surface area is 134 Å². The van der Waals surface area contributed by atoms with E-state index in [4.69, 9.17) is 9.15 Å². The van der Waals surface area contributed by atoms with Crippen molar-refractivity contribution >= 4 is 0 Å². The maximum Gasteiger partial charge on any atom is 0.219 e. The van der Waals surface area contributed by atoms with Crippen molar-refractivity contribution in [3.8, 4) is 5.75 Å². The largest absolute Gasteiger partial charge is 0.494 e. The summed E-state index contributed by atoms with van der Waals surface area (Å²) in [6.07, 6.45) is -0.147. The van der Waals surface area contributed by atoms with Crippen molar-refractivity contribution in [2.75, 3.05) is 27.2 Å². The molecule has 126 valence electrons. The van der Waals surface area contributed by atoms with Gasteiger partial charge in [-0.15, -0.1) is 10.2 Å². The fourth-order valence-corrected chi connectivity index (χ4v) is 2.13. The lowest BCUT2D eigenvalue weighted by Crippen LogP contribution is -2.15. The summed E-state index contributed by atoms with van der Waals surface area (Å²) in [4.78, 5) is 2.07. The van der Waals surface area contributed by atoms with Gasteiger partial charge in [0.15, 0.2) is 0 Å². The molecule has 2 aromatic rings. The van der Waals surface area contributed by atoms with Gasteiger partial charge in [0, 0.05) is 19.0 Å². The normalized spacial score (nSPS) is 12.6. The quantitative estimate of drug-likeness (QED) is 0.750. The van der Waals surface area contributed by atoms with Gasteiger partial charge in [0.05, 0.1) is 19.1 Å². The molecule has 23 heavy (non-hydrogen) atoms. The molecule has 0 bridgehead atoms. The maximum atomic E-state index is 13.9. The first-order valence-corrected chi connectivity index (χ1v) is 7.49. The Balaban J connectivity index is 1.98. The van der Waals surface area contributed by atoms with Crippen LogP contribution in [0.1, 0.15) is 29.9 Å². The average molecular weight is 323 g/mol. The van der Waals surface area contributed by atoms with Gasteiger partial charge in [-0.3, -0.25) is 0 Å². The van der Waals surface area contributed by atoms with Crippen LogP contribution >= 0.6 is 0 Å². The van der Waals surface area contributed by atoms with Gasteiger partial charge < -0.3 is 19.2 Å². The first-order valence-electron chi connectivity index (χ1n) is 7.49. The highest BCUT2D eigenvalue weighted by molar-refractivity contribution is 5.31. The second-order valence-electron chi connectivity index (χ2n) is 5.62. The predicted molar refractivity (Wildman–Crippen MR) is 82.8 cm³/mol. The van der Waals surface area contributed by atoms with Crippen LogP contribution in [0, 0.1) is 12.7 Å². The van der Waals surface area contributed by atoms with E-state index in [0.717, 1.165) is 13.0 Å². The van der Waals surface area contributed by atoms with Crippen LogP contribution in [0.3, 0.4) is 0 Å². The van der Waals surface area contributed by atoms with Crippen LogP contribution in [0.25, 0.3) is 0 Å². The maximum absolute atomic E-state index is 13.9. The monoisotopic (exact) mass is 323 g/mol. The number of aromatic nitrogens is 2. The van der Waals surface area contributed by atoms with Gasteiger partial charge >= 0.3 is 0 Å². The van der Waals surface area contributed by atoms with Crippen molar-refractivity contribution in [3.63, 3.8) is 0 Å². The van der Waals surface area contributed by atoms with E-state index < -0.39 is 11.9 Å². The van der Waals surface area contributed by atoms with Gasteiger partial charge in [-0.2, -0.15) is 0 Å². The molecule has 0 aliphatic rings. The van der Waals surface area contributed by atoms with Crippen LogP contribution in [0.15, 0.2) is 22.6 Å². The third kappa shape index (κ3) is 5.30. The molecule has 1 aromatic heterocycles. The molecule has 1 atom stereocenters. The summed E-state index contributed by atoms with van der Waals surface area (Å²) in [6.45, 7) is 3.10. The third-order valence-electron chi connectivity index (χ3n) is 3.28. The lowest BCUT2D eigenvalue weighted by molar-refractivity contribution is 0.163. The van der Waals surface area contributed by atoms with Gasteiger partial charge in [0.2, 0.25) is 11.8 Å². The molecule has 1 N–H and O–H groups in total. The van der Waals surface area contributed by atoms with Gasteiger partial charge in [-0.05, 0) is 38.7 Å². The zero-order chi connectivity index (χ0) is 16.8. The molecule has 0 amide bonds. The number of benzene rings is 1. The fraction of sp³-hybridized carbons (Fsp3) is 0.500. The molecule has 0 saturated carbocycles. The van der Waals surface area contributed by atoms with E-state index in [-0.39, 0.29) is 17.9 Å². The fourth-order valence-electron chi connectivity index (χ4n) is 2.13. The number of hydrogen-bond donors (Lipinski definition) is 1. The lowest BCUT2D eigenvalue weighted by atomic mass is 10.1. The van der Waals surface area contributed by atoms with E-state index in [1.54, 1.807) is 13.0 Å². The Morgan fingerprint density at radius 3 is 2.78 bits per heavy atom. The first-order chi connectivity index (χ1) is 11.0.